The van der Waals surface area contributed by atoms with Crippen LogP contribution in [0.15, 0.2) is 60.0 Å². The number of benzene rings is 2. The lowest BCUT2D eigenvalue weighted by atomic mass is 10.1. The standard InChI is InChI=1S/C23H22N2O4S/c1-2-28-18-7-9-19(10-8-18)29-15-22(26)24-17-6-5-16-11-12-25(20(16)14-17)23(27)21-4-3-13-30-21/h3-10,13-14H,2,11-12,15H2,1H3,(H,24,26). The van der Waals surface area contributed by atoms with Crippen molar-refractivity contribution in [2.24, 2.45) is 0 Å². The van der Waals surface area contributed by atoms with Crippen LogP contribution < -0.4 is 19.7 Å². The number of ether oxygens (including phenoxy) is 2. The quantitative estimate of drug-likeness (QED) is 0.614. The second-order valence-corrected chi connectivity index (χ2v) is 7.72. The first kappa shape index (κ1) is 20.0. The summed E-state index contributed by atoms with van der Waals surface area (Å²) in [6.07, 6.45) is 0.807. The summed E-state index contributed by atoms with van der Waals surface area (Å²) in [5.41, 5.74) is 2.59. The fourth-order valence-electron chi connectivity index (χ4n) is 3.35. The van der Waals surface area contributed by atoms with Crippen molar-refractivity contribution in [2.45, 2.75) is 13.3 Å². The zero-order valence-corrected chi connectivity index (χ0v) is 17.4. The van der Waals surface area contributed by atoms with Crippen molar-refractivity contribution in [2.75, 3.05) is 30.0 Å². The van der Waals surface area contributed by atoms with E-state index < -0.39 is 0 Å². The maximum Gasteiger partial charge on any atom is 0.268 e. The van der Waals surface area contributed by atoms with Crippen molar-refractivity contribution in [1.29, 1.82) is 0 Å². The van der Waals surface area contributed by atoms with Crippen LogP contribution in [0, 0.1) is 0 Å². The number of rotatable bonds is 7. The lowest BCUT2D eigenvalue weighted by Gasteiger charge is -2.17. The van der Waals surface area contributed by atoms with Gasteiger partial charge in [0.25, 0.3) is 11.8 Å². The molecule has 0 radical (unpaired) electrons. The van der Waals surface area contributed by atoms with Gasteiger partial charge in [0.15, 0.2) is 6.61 Å². The number of nitrogens with zero attached hydrogens (tertiary/aromatic N) is 1. The largest absolute Gasteiger partial charge is 0.494 e. The van der Waals surface area contributed by atoms with Crippen LogP contribution in [0.3, 0.4) is 0 Å². The van der Waals surface area contributed by atoms with Gasteiger partial charge in [-0.25, -0.2) is 0 Å². The third-order valence-corrected chi connectivity index (χ3v) is 5.60. The van der Waals surface area contributed by atoms with Crippen molar-refractivity contribution in [3.8, 4) is 11.5 Å². The van der Waals surface area contributed by atoms with Crippen LogP contribution in [0.4, 0.5) is 11.4 Å². The SMILES string of the molecule is CCOc1ccc(OCC(=O)Nc2ccc3c(c2)N(C(=O)c2cccs2)CC3)cc1. The number of carbonyl (C=O) groups excluding carboxylic acids is 2. The molecular formula is C23H22N2O4S. The molecule has 6 nitrogen and oxygen atoms in total. The number of hydrogen-bond donors (Lipinski definition) is 1. The van der Waals surface area contributed by atoms with Gasteiger partial charge in [0.05, 0.1) is 11.5 Å². The predicted molar refractivity (Wildman–Crippen MR) is 118 cm³/mol. The van der Waals surface area contributed by atoms with Gasteiger partial charge in [-0.1, -0.05) is 12.1 Å². The molecule has 1 aliphatic heterocycles. The number of hydrogen-bond acceptors (Lipinski definition) is 5. The highest BCUT2D eigenvalue weighted by Gasteiger charge is 2.26. The van der Waals surface area contributed by atoms with Crippen molar-refractivity contribution in [3.05, 3.63) is 70.4 Å². The molecule has 0 unspecified atom stereocenters. The van der Waals surface area contributed by atoms with Crippen molar-refractivity contribution in [3.63, 3.8) is 0 Å². The minimum atomic E-state index is -0.266. The molecule has 0 atom stereocenters. The monoisotopic (exact) mass is 422 g/mol. The highest BCUT2D eigenvalue weighted by atomic mass is 32.1. The molecule has 0 saturated carbocycles. The summed E-state index contributed by atoms with van der Waals surface area (Å²) in [7, 11) is 0. The number of fused-ring (bicyclic) bond motifs is 1. The van der Waals surface area contributed by atoms with E-state index in [0.717, 1.165) is 23.4 Å². The van der Waals surface area contributed by atoms with Gasteiger partial charge in [0.2, 0.25) is 0 Å². The fraction of sp³-hybridized carbons (Fsp3) is 0.217. The summed E-state index contributed by atoms with van der Waals surface area (Å²) in [6.45, 7) is 3.05. The molecule has 1 aromatic heterocycles. The van der Waals surface area contributed by atoms with Crippen LogP contribution in [-0.2, 0) is 11.2 Å². The molecule has 0 aliphatic carbocycles. The molecule has 1 aliphatic rings. The van der Waals surface area contributed by atoms with Crippen LogP contribution >= 0.6 is 11.3 Å². The Morgan fingerprint density at radius 2 is 1.83 bits per heavy atom. The Kier molecular flexibility index (Phi) is 5.99. The van der Waals surface area contributed by atoms with Gasteiger partial charge in [-0.15, -0.1) is 11.3 Å². The van der Waals surface area contributed by atoms with Gasteiger partial charge in [0, 0.05) is 17.9 Å². The second-order valence-electron chi connectivity index (χ2n) is 6.77. The third kappa shape index (κ3) is 4.46. The topological polar surface area (TPSA) is 67.9 Å². The first-order chi connectivity index (χ1) is 14.6. The average molecular weight is 423 g/mol. The van der Waals surface area contributed by atoms with E-state index in [1.165, 1.54) is 11.3 Å². The van der Waals surface area contributed by atoms with Crippen LogP contribution in [0.5, 0.6) is 11.5 Å². The van der Waals surface area contributed by atoms with Crippen LogP contribution in [0.2, 0.25) is 0 Å². The smallest absolute Gasteiger partial charge is 0.268 e. The molecular weight excluding hydrogens is 400 g/mol. The summed E-state index contributed by atoms with van der Waals surface area (Å²) in [6, 6.07) is 16.5. The van der Waals surface area contributed by atoms with E-state index in [4.69, 9.17) is 9.47 Å². The summed E-state index contributed by atoms with van der Waals surface area (Å²) in [5.74, 6) is 1.08. The number of carbonyl (C=O) groups is 2. The Hall–Kier alpha value is -3.32. The predicted octanol–water partition coefficient (Wildman–Crippen LogP) is 4.37. The van der Waals surface area contributed by atoms with E-state index in [9.17, 15) is 9.59 Å². The number of nitrogens with one attached hydrogen (secondary N) is 1. The van der Waals surface area contributed by atoms with E-state index in [-0.39, 0.29) is 18.4 Å². The first-order valence-electron chi connectivity index (χ1n) is 9.78. The summed E-state index contributed by atoms with van der Waals surface area (Å²) >= 11 is 1.43. The lowest BCUT2D eigenvalue weighted by Crippen LogP contribution is -2.28. The molecule has 2 amide bonds. The Labute approximate surface area is 179 Å². The normalized spacial score (nSPS) is 12.4. The zero-order chi connectivity index (χ0) is 20.9. The van der Waals surface area contributed by atoms with Crippen LogP contribution in [-0.4, -0.2) is 31.6 Å². The van der Waals surface area contributed by atoms with Gasteiger partial charge < -0.3 is 19.7 Å². The van der Waals surface area contributed by atoms with E-state index in [1.807, 2.05) is 42.6 Å². The van der Waals surface area contributed by atoms with Crippen molar-refractivity contribution >= 4 is 34.5 Å². The molecule has 0 fully saturated rings. The zero-order valence-electron chi connectivity index (χ0n) is 16.6. The minimum Gasteiger partial charge on any atom is -0.494 e. The maximum absolute atomic E-state index is 12.7. The first-order valence-corrected chi connectivity index (χ1v) is 10.7. The molecule has 2 heterocycles. The molecule has 0 saturated heterocycles. The molecule has 1 N–H and O–H groups in total. The van der Waals surface area contributed by atoms with Crippen molar-refractivity contribution < 1.29 is 19.1 Å². The van der Waals surface area contributed by atoms with E-state index in [2.05, 4.69) is 5.32 Å². The molecule has 3 aromatic rings. The summed E-state index contributed by atoms with van der Waals surface area (Å²) in [5, 5.41) is 4.74. The second kappa shape index (κ2) is 9.00. The van der Waals surface area contributed by atoms with E-state index >= 15 is 0 Å². The van der Waals surface area contributed by atoms with Crippen molar-refractivity contribution in [1.82, 2.24) is 0 Å². The maximum atomic E-state index is 12.7. The molecule has 0 spiro atoms. The number of amides is 2. The Morgan fingerprint density at radius 1 is 1.07 bits per heavy atom. The molecule has 2 aromatic carbocycles. The van der Waals surface area contributed by atoms with Gasteiger partial charge in [0.1, 0.15) is 11.5 Å². The highest BCUT2D eigenvalue weighted by Crippen LogP contribution is 2.32. The van der Waals surface area contributed by atoms with Crippen LogP contribution in [0.25, 0.3) is 0 Å². The lowest BCUT2D eigenvalue weighted by molar-refractivity contribution is -0.118. The van der Waals surface area contributed by atoms with Crippen LogP contribution in [0.1, 0.15) is 22.2 Å². The van der Waals surface area contributed by atoms with Gasteiger partial charge in [-0.05, 0) is 66.8 Å². The third-order valence-electron chi connectivity index (χ3n) is 4.75. The Balaban J connectivity index is 1.37. The molecule has 30 heavy (non-hydrogen) atoms. The van der Waals surface area contributed by atoms with E-state index in [0.29, 0.717) is 29.5 Å². The van der Waals surface area contributed by atoms with Gasteiger partial charge >= 0.3 is 0 Å². The van der Waals surface area contributed by atoms with Gasteiger partial charge in [-0.3, -0.25) is 9.59 Å². The van der Waals surface area contributed by atoms with Gasteiger partial charge in [-0.2, -0.15) is 0 Å². The summed E-state index contributed by atoms with van der Waals surface area (Å²) < 4.78 is 10.9. The molecule has 7 heteroatoms. The highest BCUT2D eigenvalue weighted by molar-refractivity contribution is 7.12. The molecule has 154 valence electrons. The van der Waals surface area contributed by atoms with E-state index in [1.54, 1.807) is 29.2 Å². The minimum absolute atomic E-state index is 0.00828. The number of thiophene rings is 1. The fourth-order valence-corrected chi connectivity index (χ4v) is 4.02. The Morgan fingerprint density at radius 3 is 2.53 bits per heavy atom. The average Bonchev–Trinajstić information content (AvgIpc) is 3.43. The number of anilines is 2. The Bertz CT molecular complexity index is 1030. The molecule has 4 rings (SSSR count). The summed E-state index contributed by atoms with van der Waals surface area (Å²) in [4.78, 5) is 27.5. The molecule has 0 bridgehead atoms.